The Hall–Kier alpha value is -1.39. The van der Waals surface area contributed by atoms with Crippen molar-refractivity contribution in [1.82, 2.24) is 10.3 Å². The van der Waals surface area contributed by atoms with Crippen molar-refractivity contribution >= 4 is 11.3 Å². The average Bonchev–Trinajstić information content (AvgIpc) is 2.76. The van der Waals surface area contributed by atoms with Crippen LogP contribution >= 0.6 is 11.3 Å². The Kier molecular flexibility index (Phi) is 4.53. The molecule has 2 rings (SSSR count). The summed E-state index contributed by atoms with van der Waals surface area (Å²) < 4.78 is 5.48. The summed E-state index contributed by atoms with van der Waals surface area (Å²) in [5.74, 6) is 0.682. The molecular formula is C13H16N2OS. The van der Waals surface area contributed by atoms with Crippen LogP contribution in [-0.4, -0.2) is 18.1 Å². The summed E-state index contributed by atoms with van der Waals surface area (Å²) >= 11 is 1.83. The highest BCUT2D eigenvalue weighted by Gasteiger charge is 1.96. The number of hydrogen-bond donors (Lipinski definition) is 1. The van der Waals surface area contributed by atoms with Crippen LogP contribution in [0.15, 0.2) is 36.5 Å². The van der Waals surface area contributed by atoms with Crippen molar-refractivity contribution in [2.75, 3.05) is 13.2 Å². The summed E-state index contributed by atoms with van der Waals surface area (Å²) in [6.07, 6.45) is 1.73. The summed E-state index contributed by atoms with van der Waals surface area (Å²) in [7, 11) is 0. The Bertz CT molecular complexity index is 442. The number of hydrogen-bond acceptors (Lipinski definition) is 4. The van der Waals surface area contributed by atoms with E-state index < -0.39 is 0 Å². The quantitative estimate of drug-likeness (QED) is 0.798. The number of ether oxygens (including phenoxy) is 1. The predicted octanol–water partition coefficient (Wildman–Crippen LogP) is 2.62. The van der Waals surface area contributed by atoms with E-state index >= 15 is 0 Å². The number of nitrogens with one attached hydrogen (secondary N) is 1. The number of pyridine rings is 1. The largest absolute Gasteiger partial charge is 0.476 e. The topological polar surface area (TPSA) is 34.1 Å². The summed E-state index contributed by atoms with van der Waals surface area (Å²) in [4.78, 5) is 6.80. The molecule has 0 fully saturated rings. The van der Waals surface area contributed by atoms with E-state index in [1.165, 1.54) is 9.75 Å². The van der Waals surface area contributed by atoms with E-state index in [2.05, 4.69) is 29.4 Å². The van der Waals surface area contributed by atoms with Gasteiger partial charge in [0, 0.05) is 35.1 Å². The van der Waals surface area contributed by atoms with Crippen LogP contribution in [0.2, 0.25) is 0 Å². The average molecular weight is 248 g/mol. The normalized spacial score (nSPS) is 10.4. The molecule has 0 atom stereocenters. The highest BCUT2D eigenvalue weighted by atomic mass is 32.1. The molecule has 2 heterocycles. The highest BCUT2D eigenvalue weighted by Crippen LogP contribution is 2.14. The minimum atomic E-state index is 0.640. The zero-order valence-corrected chi connectivity index (χ0v) is 10.7. The maximum atomic E-state index is 5.48. The first-order chi connectivity index (χ1) is 8.34. The van der Waals surface area contributed by atoms with Gasteiger partial charge in [0.2, 0.25) is 5.88 Å². The molecule has 0 aliphatic rings. The molecule has 0 aromatic carbocycles. The second-order valence-electron chi connectivity index (χ2n) is 3.71. The van der Waals surface area contributed by atoms with Gasteiger partial charge in [0.15, 0.2) is 0 Å². The maximum Gasteiger partial charge on any atom is 0.213 e. The van der Waals surface area contributed by atoms with Crippen molar-refractivity contribution < 1.29 is 4.74 Å². The van der Waals surface area contributed by atoms with Crippen LogP contribution in [-0.2, 0) is 6.54 Å². The Morgan fingerprint density at radius 1 is 1.29 bits per heavy atom. The Labute approximate surface area is 105 Å². The number of rotatable bonds is 6. The van der Waals surface area contributed by atoms with Gasteiger partial charge in [-0.05, 0) is 25.1 Å². The van der Waals surface area contributed by atoms with Crippen LogP contribution in [0.5, 0.6) is 5.88 Å². The molecule has 90 valence electrons. The van der Waals surface area contributed by atoms with Crippen molar-refractivity contribution in [3.8, 4) is 5.88 Å². The van der Waals surface area contributed by atoms with E-state index in [4.69, 9.17) is 4.74 Å². The number of nitrogens with zero attached hydrogens (tertiary/aromatic N) is 1. The first-order valence-electron chi connectivity index (χ1n) is 5.64. The van der Waals surface area contributed by atoms with Gasteiger partial charge in [-0.2, -0.15) is 0 Å². The molecule has 0 unspecified atom stereocenters. The molecule has 0 aliphatic heterocycles. The zero-order valence-electron chi connectivity index (χ0n) is 9.85. The van der Waals surface area contributed by atoms with Gasteiger partial charge in [0.1, 0.15) is 6.61 Å². The molecule has 0 bridgehead atoms. The third-order valence-corrected chi connectivity index (χ3v) is 3.26. The van der Waals surface area contributed by atoms with Crippen LogP contribution < -0.4 is 10.1 Å². The molecule has 17 heavy (non-hydrogen) atoms. The number of thiophene rings is 1. The maximum absolute atomic E-state index is 5.48. The van der Waals surface area contributed by atoms with E-state index in [-0.39, 0.29) is 0 Å². The Balaban J connectivity index is 1.61. The van der Waals surface area contributed by atoms with Crippen LogP contribution in [0.25, 0.3) is 0 Å². The molecule has 1 N–H and O–H groups in total. The third-order valence-electron chi connectivity index (χ3n) is 2.26. The van der Waals surface area contributed by atoms with Crippen molar-refractivity contribution in [1.29, 1.82) is 0 Å². The standard InChI is InChI=1S/C13H16N2OS/c1-11-5-6-12(17-11)10-14-8-9-16-13-4-2-3-7-15-13/h2-7,14H,8-10H2,1H3. The first-order valence-corrected chi connectivity index (χ1v) is 6.46. The summed E-state index contributed by atoms with van der Waals surface area (Å²) in [5, 5.41) is 3.34. The fourth-order valence-electron chi connectivity index (χ4n) is 1.45. The smallest absolute Gasteiger partial charge is 0.213 e. The molecule has 0 radical (unpaired) electrons. The van der Waals surface area contributed by atoms with Crippen molar-refractivity contribution in [3.05, 3.63) is 46.3 Å². The lowest BCUT2D eigenvalue weighted by Crippen LogP contribution is -2.20. The molecule has 2 aromatic rings. The van der Waals surface area contributed by atoms with Gasteiger partial charge in [-0.25, -0.2) is 4.98 Å². The summed E-state index contributed by atoms with van der Waals surface area (Å²) in [5.41, 5.74) is 0. The van der Waals surface area contributed by atoms with Crippen LogP contribution in [0.1, 0.15) is 9.75 Å². The molecule has 2 aromatic heterocycles. The summed E-state index contributed by atoms with van der Waals surface area (Å²) in [6.45, 7) is 4.50. The van der Waals surface area contributed by atoms with Crippen LogP contribution in [0.3, 0.4) is 0 Å². The van der Waals surface area contributed by atoms with Crippen molar-refractivity contribution in [2.24, 2.45) is 0 Å². The minimum Gasteiger partial charge on any atom is -0.476 e. The fourth-order valence-corrected chi connectivity index (χ4v) is 2.31. The second kappa shape index (κ2) is 6.37. The molecule has 0 spiro atoms. The van der Waals surface area contributed by atoms with Gasteiger partial charge < -0.3 is 10.1 Å². The number of aromatic nitrogens is 1. The monoisotopic (exact) mass is 248 g/mol. The van der Waals surface area contributed by atoms with Gasteiger partial charge in [-0.1, -0.05) is 6.07 Å². The molecule has 4 heteroatoms. The van der Waals surface area contributed by atoms with E-state index in [1.54, 1.807) is 6.20 Å². The third kappa shape index (κ3) is 4.17. The van der Waals surface area contributed by atoms with E-state index in [1.807, 2.05) is 29.5 Å². The lowest BCUT2D eigenvalue weighted by molar-refractivity contribution is 0.302. The molecule has 0 aliphatic carbocycles. The lowest BCUT2D eigenvalue weighted by Gasteiger charge is -2.05. The molecule has 0 saturated carbocycles. The van der Waals surface area contributed by atoms with Gasteiger partial charge in [0.05, 0.1) is 0 Å². The molecule has 3 nitrogen and oxygen atoms in total. The van der Waals surface area contributed by atoms with Crippen LogP contribution in [0.4, 0.5) is 0 Å². The van der Waals surface area contributed by atoms with E-state index in [9.17, 15) is 0 Å². The van der Waals surface area contributed by atoms with E-state index in [0.29, 0.717) is 12.5 Å². The summed E-state index contributed by atoms with van der Waals surface area (Å²) in [6, 6.07) is 9.97. The fraction of sp³-hybridized carbons (Fsp3) is 0.308. The zero-order chi connectivity index (χ0) is 11.9. The van der Waals surface area contributed by atoms with Gasteiger partial charge in [-0.15, -0.1) is 11.3 Å². The van der Waals surface area contributed by atoms with Gasteiger partial charge in [-0.3, -0.25) is 0 Å². The van der Waals surface area contributed by atoms with E-state index in [0.717, 1.165) is 13.1 Å². The van der Waals surface area contributed by atoms with Crippen molar-refractivity contribution in [2.45, 2.75) is 13.5 Å². The second-order valence-corrected chi connectivity index (χ2v) is 5.08. The Morgan fingerprint density at radius 3 is 2.94 bits per heavy atom. The minimum absolute atomic E-state index is 0.640. The van der Waals surface area contributed by atoms with Gasteiger partial charge in [0.25, 0.3) is 0 Å². The van der Waals surface area contributed by atoms with Crippen molar-refractivity contribution in [3.63, 3.8) is 0 Å². The lowest BCUT2D eigenvalue weighted by atomic mass is 10.4. The number of aryl methyl sites for hydroxylation is 1. The first kappa shape index (κ1) is 12.1. The Morgan fingerprint density at radius 2 is 2.24 bits per heavy atom. The van der Waals surface area contributed by atoms with Gasteiger partial charge >= 0.3 is 0 Å². The van der Waals surface area contributed by atoms with Crippen LogP contribution in [0, 0.1) is 6.92 Å². The molecule has 0 saturated heterocycles. The predicted molar refractivity (Wildman–Crippen MR) is 70.5 cm³/mol. The highest BCUT2D eigenvalue weighted by molar-refractivity contribution is 7.11. The SMILES string of the molecule is Cc1ccc(CNCCOc2ccccn2)s1. The molecule has 0 amide bonds. The molecular weight excluding hydrogens is 232 g/mol.